The number of alkyl halides is 6. The number of piperazine rings is 1. The van der Waals surface area contributed by atoms with E-state index in [1.54, 1.807) is 31.0 Å². The van der Waals surface area contributed by atoms with Crippen molar-refractivity contribution in [2.24, 2.45) is 0 Å². The number of aryl methyl sites for hydroxylation is 1. The highest BCUT2D eigenvalue weighted by Gasteiger charge is 2.35. The van der Waals surface area contributed by atoms with Crippen LogP contribution in [0.3, 0.4) is 0 Å². The van der Waals surface area contributed by atoms with E-state index in [1.807, 2.05) is 35.8 Å². The number of nitrogens with two attached hydrogens (primary N) is 1. The molecule has 2 aliphatic rings. The van der Waals surface area contributed by atoms with Crippen LogP contribution in [-0.4, -0.2) is 155 Å². The van der Waals surface area contributed by atoms with Crippen LogP contribution in [0.2, 0.25) is 0 Å². The summed E-state index contributed by atoms with van der Waals surface area (Å²) in [6.07, 6.45) is -6.24. The van der Waals surface area contributed by atoms with Crippen molar-refractivity contribution in [1.29, 1.82) is 5.26 Å². The van der Waals surface area contributed by atoms with E-state index in [0.29, 0.717) is 106 Å². The first-order chi connectivity index (χ1) is 41.6. The van der Waals surface area contributed by atoms with Crippen LogP contribution in [0.5, 0.6) is 0 Å². The number of nitrogen functional groups attached to an aromatic ring is 1. The first-order valence-electron chi connectivity index (χ1n) is 27.5. The molecule has 4 aromatic carbocycles. The summed E-state index contributed by atoms with van der Waals surface area (Å²) in [5.41, 5.74) is 6.96. The average Bonchev–Trinajstić information content (AvgIpc) is 1.53. The predicted octanol–water partition coefficient (Wildman–Crippen LogP) is 8.53. The number of nitrogens with zero attached hydrogens (tertiary/aromatic N) is 14. The SMILES string of the molecule is Cc1ccc(C(=O)Nc2ccc(C#N)c(C(F)(F)F)c2)cc1Nc1ncnc2c(NCc3ccc(C(=O)Nc4cc(N(C)CCN(C)C)cc(C(F)(F)F)c4)cc3Nc3ncnc4c(N)nc(N5CCCOCC5)nc34)nc(N3CCN(C)CC3)nc12. The molecule has 0 bridgehead atoms. The predicted molar refractivity (Wildman–Crippen MR) is 319 cm³/mol. The van der Waals surface area contributed by atoms with Crippen LogP contribution in [0, 0.1) is 18.3 Å². The van der Waals surface area contributed by atoms with Gasteiger partial charge in [-0.25, -0.2) is 29.9 Å². The number of rotatable bonds is 17. The van der Waals surface area contributed by atoms with Gasteiger partial charge in [-0.2, -0.15) is 41.6 Å². The van der Waals surface area contributed by atoms with Gasteiger partial charge < -0.3 is 61.6 Å². The van der Waals surface area contributed by atoms with E-state index in [4.69, 9.17) is 25.4 Å². The van der Waals surface area contributed by atoms with Gasteiger partial charge in [-0.1, -0.05) is 12.1 Å². The lowest BCUT2D eigenvalue weighted by Crippen LogP contribution is -2.45. The summed E-state index contributed by atoms with van der Waals surface area (Å²) in [5, 5.41) is 24.6. The van der Waals surface area contributed by atoms with Gasteiger partial charge in [-0.15, -0.1) is 0 Å². The highest BCUT2D eigenvalue weighted by molar-refractivity contribution is 6.06. The zero-order chi connectivity index (χ0) is 61.7. The van der Waals surface area contributed by atoms with Crippen LogP contribution >= 0.6 is 0 Å². The van der Waals surface area contributed by atoms with Gasteiger partial charge in [0.25, 0.3) is 11.8 Å². The average molecular weight is 1200 g/mol. The maximum atomic E-state index is 14.4. The van der Waals surface area contributed by atoms with Gasteiger partial charge in [0, 0.05) is 112 Å². The van der Waals surface area contributed by atoms with Gasteiger partial charge >= 0.3 is 12.4 Å². The number of fused-ring (bicyclic) bond motifs is 2. The van der Waals surface area contributed by atoms with E-state index >= 15 is 0 Å². The number of hydrogen-bond donors (Lipinski definition) is 6. The lowest BCUT2D eigenvalue weighted by molar-refractivity contribution is -0.138. The van der Waals surface area contributed by atoms with E-state index < -0.39 is 40.9 Å². The lowest BCUT2D eigenvalue weighted by Gasteiger charge is -2.32. The molecule has 2 amide bonds. The molecule has 8 aromatic rings. The highest BCUT2D eigenvalue weighted by atomic mass is 19.4. The van der Waals surface area contributed by atoms with E-state index in [9.17, 15) is 41.2 Å². The van der Waals surface area contributed by atoms with Crippen LogP contribution in [-0.2, 0) is 23.6 Å². The minimum atomic E-state index is -4.84. The van der Waals surface area contributed by atoms with Crippen LogP contribution in [0.1, 0.15) is 55.0 Å². The minimum absolute atomic E-state index is 0.000689. The molecular formula is C58H60F6N20O3. The van der Waals surface area contributed by atoms with Crippen LogP contribution in [0.25, 0.3) is 22.1 Å². The molecule has 0 atom stereocenters. The third kappa shape index (κ3) is 14.2. The summed E-state index contributed by atoms with van der Waals surface area (Å²) >= 11 is 0. The molecule has 10 rings (SSSR count). The summed E-state index contributed by atoms with van der Waals surface area (Å²) in [7, 11) is 7.40. The third-order valence-electron chi connectivity index (χ3n) is 14.6. The number of likely N-dealkylation sites (N-methyl/N-ethyl adjacent to an activating group) is 3. The molecule has 2 fully saturated rings. The molecule has 0 unspecified atom stereocenters. The Morgan fingerprint density at radius 2 is 1.31 bits per heavy atom. The van der Waals surface area contributed by atoms with Crippen molar-refractivity contribution in [3.05, 3.63) is 124 Å². The second kappa shape index (κ2) is 25.4. The third-order valence-corrected chi connectivity index (χ3v) is 14.6. The Balaban J connectivity index is 1.01. The quantitative estimate of drug-likeness (QED) is 0.0466. The lowest BCUT2D eigenvalue weighted by atomic mass is 10.1. The number of nitrogens with one attached hydrogen (secondary N) is 5. The summed E-state index contributed by atoms with van der Waals surface area (Å²) < 4.78 is 90.3. The molecule has 452 valence electrons. The Labute approximate surface area is 495 Å². The van der Waals surface area contributed by atoms with Gasteiger partial charge in [0.1, 0.15) is 34.7 Å². The van der Waals surface area contributed by atoms with E-state index in [2.05, 4.69) is 56.4 Å². The molecule has 0 saturated carbocycles. The fourth-order valence-electron chi connectivity index (χ4n) is 9.66. The fraction of sp³-hybridized carbons (Fsp3) is 0.328. The number of benzene rings is 4. The summed E-state index contributed by atoms with van der Waals surface area (Å²) in [4.78, 5) is 75.3. The molecule has 2 saturated heterocycles. The molecule has 0 aliphatic carbocycles. The Morgan fingerprint density at radius 3 is 2.00 bits per heavy atom. The Bertz CT molecular complexity index is 3920. The maximum Gasteiger partial charge on any atom is 0.417 e. The number of anilines is 11. The van der Waals surface area contributed by atoms with Crippen molar-refractivity contribution in [2.45, 2.75) is 32.2 Å². The van der Waals surface area contributed by atoms with Gasteiger partial charge in [-0.05, 0) is 106 Å². The normalized spacial score (nSPS) is 14.2. The highest BCUT2D eigenvalue weighted by Crippen LogP contribution is 2.38. The van der Waals surface area contributed by atoms with E-state index in [-0.39, 0.29) is 80.1 Å². The minimum Gasteiger partial charge on any atom is -0.382 e. The van der Waals surface area contributed by atoms with Crippen molar-refractivity contribution in [1.82, 2.24) is 49.7 Å². The van der Waals surface area contributed by atoms with Crippen LogP contribution in [0.4, 0.5) is 89.9 Å². The van der Waals surface area contributed by atoms with Crippen molar-refractivity contribution in [2.75, 3.05) is 141 Å². The second-order valence-corrected chi connectivity index (χ2v) is 21.1. The molecule has 87 heavy (non-hydrogen) atoms. The zero-order valence-corrected chi connectivity index (χ0v) is 47.9. The van der Waals surface area contributed by atoms with Gasteiger partial charge in [0.15, 0.2) is 23.3 Å². The Hall–Kier alpha value is -9.79. The largest absolute Gasteiger partial charge is 0.417 e. The van der Waals surface area contributed by atoms with Crippen molar-refractivity contribution < 1.29 is 40.7 Å². The smallest absolute Gasteiger partial charge is 0.382 e. The summed E-state index contributed by atoms with van der Waals surface area (Å²) in [6, 6.07) is 17.3. The Kier molecular flexibility index (Phi) is 17.6. The van der Waals surface area contributed by atoms with E-state index in [0.717, 1.165) is 24.6 Å². The Morgan fingerprint density at radius 1 is 0.667 bits per heavy atom. The maximum absolute atomic E-state index is 14.4. The second-order valence-electron chi connectivity index (χ2n) is 21.1. The number of ether oxygens (including phenoxy) is 1. The molecule has 0 radical (unpaired) electrons. The topological polar surface area (TPSA) is 273 Å². The van der Waals surface area contributed by atoms with Crippen LogP contribution in [0.15, 0.2) is 85.5 Å². The van der Waals surface area contributed by atoms with Crippen molar-refractivity contribution in [3.8, 4) is 6.07 Å². The van der Waals surface area contributed by atoms with Crippen LogP contribution < -0.4 is 47.0 Å². The molecule has 0 spiro atoms. The molecule has 7 N–H and O–H groups in total. The standard InChI is InChI=1S/C58H60F6N20O3/c1-33-7-8-34(53(85)72-39-12-11-36(29-65)42(28-39)58(62,63)64)23-43(33)74-52-48-46(69-32-71-52)50(79-56(77-48)84-18-15-81(4)16-19-84)67-30-37-10-9-35(54(86)73-40-25-38(57(59,60)61)26-41(27-40)82(5)17-14-80(2)3)24-44(37)75-51-47-45(68-31-70-51)49(66)78-55(76-47)83-13-6-21-87-22-20-83/h7-12,23-28,31-32H,6,13-22,30H2,1-5H3,(H,72,85)(H,73,86)(H2,66,76,78)(H,67,77,79)(H,68,70,75)(H,69,71,74). The number of halogens is 6. The molecule has 23 nitrogen and oxygen atoms in total. The van der Waals surface area contributed by atoms with Gasteiger partial charge in [0.05, 0.1) is 29.4 Å². The number of nitriles is 1. The first-order valence-corrected chi connectivity index (χ1v) is 27.5. The molecular weight excluding hydrogens is 1140 g/mol. The summed E-state index contributed by atoms with van der Waals surface area (Å²) in [5.74, 6) is 0.00266. The fourth-order valence-corrected chi connectivity index (χ4v) is 9.66. The first kappa shape index (κ1) is 60.3. The van der Waals surface area contributed by atoms with E-state index in [1.165, 1.54) is 55.1 Å². The number of aromatic nitrogens is 8. The van der Waals surface area contributed by atoms with Gasteiger partial charge in [-0.3, -0.25) is 9.59 Å². The van der Waals surface area contributed by atoms with Crippen molar-refractivity contribution in [3.63, 3.8) is 0 Å². The summed E-state index contributed by atoms with van der Waals surface area (Å²) in [6.45, 7) is 7.39. The number of carbonyl (C=O) groups excluding carboxylic acids is 2. The molecule has 4 aromatic heterocycles. The van der Waals surface area contributed by atoms with Crippen molar-refractivity contribution >= 4 is 97.5 Å². The number of hydrogen-bond acceptors (Lipinski definition) is 21. The molecule has 29 heteroatoms. The zero-order valence-electron chi connectivity index (χ0n) is 47.9. The monoisotopic (exact) mass is 1200 g/mol. The van der Waals surface area contributed by atoms with Gasteiger partial charge in [0.2, 0.25) is 11.9 Å². The molecule has 6 heterocycles. The molecule has 2 aliphatic heterocycles. The number of carbonyl (C=O) groups is 2. The number of amides is 2.